The Labute approximate surface area is 101 Å². The van der Waals surface area contributed by atoms with Gasteiger partial charge in [-0.15, -0.1) is 0 Å². The lowest BCUT2D eigenvalue weighted by atomic mass is 9.95. The number of aromatic nitrogens is 1. The highest BCUT2D eigenvalue weighted by Gasteiger charge is 2.20. The molecule has 5 nitrogen and oxygen atoms in total. The van der Waals surface area contributed by atoms with Crippen LogP contribution in [-0.2, 0) is 0 Å². The quantitative estimate of drug-likeness (QED) is 0.630. The number of anilines is 1. The molecule has 0 aliphatic rings. The van der Waals surface area contributed by atoms with Crippen LogP contribution < -0.4 is 5.32 Å². The summed E-state index contributed by atoms with van der Waals surface area (Å²) in [6.45, 7) is 8.05. The van der Waals surface area contributed by atoms with Gasteiger partial charge in [-0.2, -0.15) is 0 Å². The van der Waals surface area contributed by atoms with Gasteiger partial charge in [0.1, 0.15) is 12.0 Å². The van der Waals surface area contributed by atoms with Gasteiger partial charge in [0, 0.05) is 11.1 Å². The lowest BCUT2D eigenvalue weighted by Gasteiger charge is -2.28. The molecule has 0 aromatic carbocycles. The van der Waals surface area contributed by atoms with Gasteiger partial charge in [0.2, 0.25) is 0 Å². The fraction of sp³-hybridized carbons (Fsp3) is 0.583. The number of nitro groups is 1. The second-order valence-electron chi connectivity index (χ2n) is 4.51. The van der Waals surface area contributed by atoms with Crippen molar-refractivity contribution in [2.24, 2.45) is 0 Å². The van der Waals surface area contributed by atoms with E-state index in [-0.39, 0.29) is 11.2 Å². The summed E-state index contributed by atoms with van der Waals surface area (Å²) < 4.78 is 0. The number of aryl methyl sites for hydroxylation is 1. The van der Waals surface area contributed by atoms with E-state index in [2.05, 4.69) is 31.1 Å². The Morgan fingerprint density at radius 3 is 2.47 bits per heavy atom. The van der Waals surface area contributed by atoms with E-state index in [9.17, 15) is 10.1 Å². The van der Waals surface area contributed by atoms with E-state index < -0.39 is 4.92 Å². The first-order valence-corrected chi connectivity index (χ1v) is 5.81. The molecular weight excluding hydrogens is 218 g/mol. The molecule has 0 amide bonds. The van der Waals surface area contributed by atoms with Gasteiger partial charge in [0.25, 0.3) is 5.69 Å². The molecule has 1 N–H and O–H groups in total. The van der Waals surface area contributed by atoms with Crippen LogP contribution >= 0.6 is 0 Å². The third kappa shape index (κ3) is 3.15. The minimum absolute atomic E-state index is 0.0183. The number of hydrogen-bond donors (Lipinski definition) is 1. The fourth-order valence-corrected chi connectivity index (χ4v) is 1.54. The molecule has 0 spiro atoms. The average molecular weight is 237 g/mol. The van der Waals surface area contributed by atoms with Crippen LogP contribution in [0, 0.1) is 17.0 Å². The van der Waals surface area contributed by atoms with Crippen LogP contribution in [0.2, 0.25) is 0 Å². The van der Waals surface area contributed by atoms with Crippen LogP contribution in [0.1, 0.15) is 39.2 Å². The standard InChI is InChI=1S/C12H19N3O2/c1-5-12(4,6-2)14-11-7-9(3)10(8-13-11)15(16)17/h7-8H,5-6H2,1-4H3,(H,13,14). The van der Waals surface area contributed by atoms with Crippen molar-refractivity contribution in [3.8, 4) is 0 Å². The maximum absolute atomic E-state index is 10.7. The summed E-state index contributed by atoms with van der Waals surface area (Å²) in [6, 6.07) is 1.72. The maximum Gasteiger partial charge on any atom is 0.290 e. The molecule has 0 radical (unpaired) electrons. The van der Waals surface area contributed by atoms with Gasteiger partial charge < -0.3 is 5.32 Å². The minimum Gasteiger partial charge on any atom is -0.365 e. The number of hydrogen-bond acceptors (Lipinski definition) is 4. The van der Waals surface area contributed by atoms with Crippen molar-refractivity contribution in [3.05, 3.63) is 27.9 Å². The van der Waals surface area contributed by atoms with Crippen LogP contribution in [0.25, 0.3) is 0 Å². The van der Waals surface area contributed by atoms with Crippen LogP contribution in [0.15, 0.2) is 12.3 Å². The van der Waals surface area contributed by atoms with Gasteiger partial charge in [-0.3, -0.25) is 10.1 Å². The molecular formula is C12H19N3O2. The van der Waals surface area contributed by atoms with Crippen LogP contribution in [0.5, 0.6) is 0 Å². The Bertz CT molecular complexity index is 414. The molecule has 1 rings (SSSR count). The van der Waals surface area contributed by atoms with Gasteiger partial charge in [-0.1, -0.05) is 13.8 Å². The largest absolute Gasteiger partial charge is 0.365 e. The third-order valence-electron chi connectivity index (χ3n) is 3.27. The lowest BCUT2D eigenvalue weighted by molar-refractivity contribution is -0.385. The number of nitrogens with one attached hydrogen (secondary N) is 1. The Hall–Kier alpha value is -1.65. The highest BCUT2D eigenvalue weighted by molar-refractivity contribution is 5.48. The van der Waals surface area contributed by atoms with Gasteiger partial charge in [0.05, 0.1) is 4.92 Å². The van der Waals surface area contributed by atoms with Gasteiger partial charge in [-0.05, 0) is 32.8 Å². The summed E-state index contributed by atoms with van der Waals surface area (Å²) in [5.41, 5.74) is 0.669. The Kier molecular flexibility index (Phi) is 4.04. The summed E-state index contributed by atoms with van der Waals surface area (Å²) in [6.07, 6.45) is 3.26. The molecule has 0 atom stereocenters. The first-order valence-electron chi connectivity index (χ1n) is 5.81. The SMILES string of the molecule is CCC(C)(CC)Nc1cc(C)c([N+](=O)[O-])cn1. The second-order valence-corrected chi connectivity index (χ2v) is 4.51. The molecule has 94 valence electrons. The molecule has 1 aromatic heterocycles. The van der Waals surface area contributed by atoms with E-state index in [1.807, 2.05) is 0 Å². The molecule has 0 fully saturated rings. The van der Waals surface area contributed by atoms with Crippen molar-refractivity contribution in [1.29, 1.82) is 0 Å². The molecule has 1 aromatic rings. The Balaban J connectivity index is 2.95. The van der Waals surface area contributed by atoms with Crippen molar-refractivity contribution in [3.63, 3.8) is 0 Å². The van der Waals surface area contributed by atoms with Crippen molar-refractivity contribution in [1.82, 2.24) is 4.98 Å². The Morgan fingerprint density at radius 2 is 2.06 bits per heavy atom. The first kappa shape index (κ1) is 13.4. The number of rotatable bonds is 5. The van der Waals surface area contributed by atoms with E-state index in [0.29, 0.717) is 11.4 Å². The summed E-state index contributed by atoms with van der Waals surface area (Å²) in [5, 5.41) is 14.0. The van der Waals surface area contributed by atoms with Crippen molar-refractivity contribution in [2.75, 3.05) is 5.32 Å². The fourth-order valence-electron chi connectivity index (χ4n) is 1.54. The molecule has 1 heterocycles. The zero-order valence-corrected chi connectivity index (χ0v) is 10.8. The summed E-state index contributed by atoms with van der Waals surface area (Å²) in [7, 11) is 0. The predicted molar refractivity (Wildman–Crippen MR) is 68.2 cm³/mol. The van der Waals surface area contributed by atoms with Crippen LogP contribution in [0.4, 0.5) is 11.5 Å². The average Bonchev–Trinajstić information content (AvgIpc) is 2.28. The molecule has 17 heavy (non-hydrogen) atoms. The van der Waals surface area contributed by atoms with E-state index >= 15 is 0 Å². The highest BCUT2D eigenvalue weighted by atomic mass is 16.6. The molecule has 5 heteroatoms. The minimum atomic E-state index is -0.412. The maximum atomic E-state index is 10.7. The van der Waals surface area contributed by atoms with Crippen molar-refractivity contribution >= 4 is 11.5 Å². The van der Waals surface area contributed by atoms with Gasteiger partial charge in [0.15, 0.2) is 0 Å². The van der Waals surface area contributed by atoms with E-state index in [0.717, 1.165) is 12.8 Å². The van der Waals surface area contributed by atoms with E-state index in [1.165, 1.54) is 6.20 Å². The topological polar surface area (TPSA) is 68.1 Å². The monoisotopic (exact) mass is 237 g/mol. The predicted octanol–water partition coefficient (Wildman–Crippen LogP) is 3.29. The van der Waals surface area contributed by atoms with Crippen LogP contribution in [0.3, 0.4) is 0 Å². The van der Waals surface area contributed by atoms with Gasteiger partial charge >= 0.3 is 0 Å². The van der Waals surface area contributed by atoms with E-state index in [1.54, 1.807) is 13.0 Å². The first-order chi connectivity index (χ1) is 7.91. The molecule has 0 saturated heterocycles. The van der Waals surface area contributed by atoms with Crippen molar-refractivity contribution < 1.29 is 4.92 Å². The third-order valence-corrected chi connectivity index (χ3v) is 3.27. The number of pyridine rings is 1. The molecule has 0 saturated carbocycles. The number of nitrogens with zero attached hydrogens (tertiary/aromatic N) is 2. The normalized spacial score (nSPS) is 11.3. The highest BCUT2D eigenvalue weighted by Crippen LogP contribution is 2.24. The Morgan fingerprint density at radius 1 is 1.47 bits per heavy atom. The molecule has 0 aliphatic heterocycles. The van der Waals surface area contributed by atoms with Crippen molar-refractivity contribution in [2.45, 2.75) is 46.1 Å². The summed E-state index contributed by atoms with van der Waals surface area (Å²) >= 11 is 0. The molecule has 0 bridgehead atoms. The molecule has 0 aliphatic carbocycles. The smallest absolute Gasteiger partial charge is 0.290 e. The molecule has 0 unspecified atom stereocenters. The summed E-state index contributed by atoms with van der Waals surface area (Å²) in [5.74, 6) is 0.694. The summed E-state index contributed by atoms with van der Waals surface area (Å²) in [4.78, 5) is 14.4. The zero-order valence-electron chi connectivity index (χ0n) is 10.8. The second kappa shape index (κ2) is 5.12. The van der Waals surface area contributed by atoms with E-state index in [4.69, 9.17) is 0 Å². The lowest BCUT2D eigenvalue weighted by Crippen LogP contribution is -2.33. The van der Waals surface area contributed by atoms with Gasteiger partial charge in [-0.25, -0.2) is 4.98 Å². The van der Waals surface area contributed by atoms with Crippen LogP contribution in [-0.4, -0.2) is 15.4 Å². The zero-order chi connectivity index (χ0) is 13.1.